The zero-order valence-corrected chi connectivity index (χ0v) is 28.3. The van der Waals surface area contributed by atoms with E-state index in [4.69, 9.17) is 0 Å². The lowest BCUT2D eigenvalue weighted by Crippen LogP contribution is -2.74. The van der Waals surface area contributed by atoms with Crippen molar-refractivity contribution in [1.29, 1.82) is 0 Å². The molecule has 0 rings (SSSR count). The highest BCUT2D eigenvalue weighted by Gasteiger charge is 2.95. The third kappa shape index (κ3) is 11.4. The van der Waals surface area contributed by atoms with Crippen LogP contribution in [-0.4, -0.2) is 111 Å². The molecular formula is C30H49F17N2+2. The van der Waals surface area contributed by atoms with Gasteiger partial charge in [-0.15, -0.1) is 0 Å². The van der Waals surface area contributed by atoms with E-state index in [1.54, 1.807) is 0 Å². The van der Waals surface area contributed by atoms with Crippen LogP contribution in [0.25, 0.3) is 0 Å². The van der Waals surface area contributed by atoms with E-state index in [-0.39, 0.29) is 11.0 Å². The largest absolute Gasteiger partial charge is 0.460 e. The molecule has 0 N–H and O–H groups in total. The minimum absolute atomic E-state index is 0.177. The molecule has 2 nitrogen and oxygen atoms in total. The Hall–Kier alpha value is -1.27. The summed E-state index contributed by atoms with van der Waals surface area (Å²) in [5, 5.41) is 0. The van der Waals surface area contributed by atoms with Crippen molar-refractivity contribution in [3.63, 3.8) is 0 Å². The summed E-state index contributed by atoms with van der Waals surface area (Å²) in [7, 11) is 6.78. The number of halogens is 17. The van der Waals surface area contributed by atoms with Gasteiger partial charge in [-0.2, -0.15) is 74.6 Å². The molecule has 0 aromatic heterocycles. The van der Waals surface area contributed by atoms with Gasteiger partial charge in [-0.25, -0.2) is 0 Å². The van der Waals surface area contributed by atoms with Gasteiger partial charge in [-0.05, 0) is 12.8 Å². The van der Waals surface area contributed by atoms with Gasteiger partial charge < -0.3 is 8.97 Å². The average Bonchev–Trinajstić information content (AvgIpc) is 2.92. The lowest BCUT2D eigenvalue weighted by molar-refractivity contribution is -0.909. The quantitative estimate of drug-likeness (QED) is 0.0494. The molecule has 296 valence electrons. The van der Waals surface area contributed by atoms with Crippen LogP contribution in [0.1, 0.15) is 90.4 Å². The second kappa shape index (κ2) is 17.0. The molecule has 0 saturated heterocycles. The van der Waals surface area contributed by atoms with Gasteiger partial charge in [0.05, 0.1) is 54.4 Å². The van der Waals surface area contributed by atoms with Crippen molar-refractivity contribution in [1.82, 2.24) is 0 Å². The highest BCUT2D eigenvalue weighted by Crippen LogP contribution is 2.64. The van der Waals surface area contributed by atoms with E-state index in [1.807, 2.05) is 14.1 Å². The summed E-state index contributed by atoms with van der Waals surface area (Å²) in [6.45, 7) is 3.34. The minimum Gasteiger partial charge on any atom is -0.328 e. The molecule has 0 aromatic rings. The van der Waals surface area contributed by atoms with E-state index in [1.165, 1.54) is 52.6 Å². The SMILES string of the molecule is CCCCCCCCCCCC[N+](C)(C)CCC[N+](C)(C)CCCC(F)(F)C(F)(F)C(F)(F)C(F)(F)C(F)(F)C(F)(F)C(F)(F)C(F)(F)F. The van der Waals surface area contributed by atoms with Crippen LogP contribution in [0.5, 0.6) is 0 Å². The monoisotopic (exact) mass is 760 g/mol. The number of unbranched alkanes of at least 4 members (excludes halogenated alkanes) is 9. The Morgan fingerprint density at radius 3 is 0.980 bits per heavy atom. The molecule has 0 amide bonds. The molecule has 0 heterocycles. The normalized spacial score (nSPS) is 15.3. The first-order chi connectivity index (χ1) is 21.7. The number of alkyl halides is 17. The Balaban J connectivity index is 5.23. The zero-order valence-electron chi connectivity index (χ0n) is 28.3. The highest BCUT2D eigenvalue weighted by molar-refractivity contribution is 5.15. The summed E-state index contributed by atoms with van der Waals surface area (Å²) in [5.74, 6) is -55.9. The van der Waals surface area contributed by atoms with Gasteiger partial charge in [0.25, 0.3) is 0 Å². The van der Waals surface area contributed by atoms with E-state index >= 15 is 0 Å². The molecule has 0 aromatic carbocycles. The first-order valence-electron chi connectivity index (χ1n) is 16.1. The van der Waals surface area contributed by atoms with Crippen LogP contribution in [0.4, 0.5) is 74.6 Å². The maximum Gasteiger partial charge on any atom is 0.460 e. The van der Waals surface area contributed by atoms with Crippen molar-refractivity contribution in [3.05, 3.63) is 0 Å². The van der Waals surface area contributed by atoms with Gasteiger partial charge in [-0.1, -0.05) is 58.3 Å². The molecule has 0 aliphatic carbocycles. The Kier molecular flexibility index (Phi) is 16.6. The first kappa shape index (κ1) is 47.7. The fraction of sp³-hybridized carbons (Fsp3) is 1.00. The van der Waals surface area contributed by atoms with Gasteiger partial charge in [0.1, 0.15) is 0 Å². The third-order valence-corrected chi connectivity index (χ3v) is 8.69. The molecule has 0 aliphatic rings. The van der Waals surface area contributed by atoms with Crippen molar-refractivity contribution < 1.29 is 83.6 Å². The average molecular weight is 761 g/mol. The third-order valence-electron chi connectivity index (χ3n) is 8.69. The smallest absolute Gasteiger partial charge is 0.328 e. The van der Waals surface area contributed by atoms with Crippen molar-refractivity contribution in [2.24, 2.45) is 0 Å². The lowest BCUT2D eigenvalue weighted by Gasteiger charge is -2.43. The molecule has 0 atom stereocenters. The number of hydrogen-bond acceptors (Lipinski definition) is 0. The zero-order chi connectivity index (χ0) is 39.0. The maximum atomic E-state index is 14.3. The van der Waals surface area contributed by atoms with Crippen LogP contribution in [0.15, 0.2) is 0 Å². The molecule has 0 saturated carbocycles. The van der Waals surface area contributed by atoms with E-state index in [2.05, 4.69) is 6.92 Å². The lowest BCUT2D eigenvalue weighted by atomic mass is 9.88. The fourth-order valence-electron chi connectivity index (χ4n) is 5.26. The molecule has 0 bridgehead atoms. The number of hydrogen-bond donors (Lipinski definition) is 0. The Labute approximate surface area is 276 Å². The summed E-state index contributed by atoms with van der Waals surface area (Å²) in [5.41, 5.74) is 0. The summed E-state index contributed by atoms with van der Waals surface area (Å²) in [4.78, 5) is 0. The second-order valence-electron chi connectivity index (χ2n) is 14.1. The van der Waals surface area contributed by atoms with Gasteiger partial charge in [0, 0.05) is 19.3 Å². The van der Waals surface area contributed by atoms with Crippen LogP contribution >= 0.6 is 0 Å². The highest BCUT2D eigenvalue weighted by atomic mass is 19.4. The van der Waals surface area contributed by atoms with E-state index < -0.39 is 67.0 Å². The number of nitrogens with zero attached hydrogens (tertiary/aromatic N) is 2. The van der Waals surface area contributed by atoms with Crippen molar-refractivity contribution in [2.75, 3.05) is 54.4 Å². The molecule has 49 heavy (non-hydrogen) atoms. The van der Waals surface area contributed by atoms with Gasteiger partial charge in [0.2, 0.25) is 0 Å². The van der Waals surface area contributed by atoms with Gasteiger partial charge in [0.15, 0.2) is 0 Å². The van der Waals surface area contributed by atoms with Crippen LogP contribution in [0.2, 0.25) is 0 Å². The summed E-state index contributed by atoms with van der Waals surface area (Å²) < 4.78 is 230. The van der Waals surface area contributed by atoms with Crippen LogP contribution in [0, 0.1) is 0 Å². The second-order valence-corrected chi connectivity index (χ2v) is 14.1. The van der Waals surface area contributed by atoms with Crippen LogP contribution in [0.3, 0.4) is 0 Å². The van der Waals surface area contributed by atoms with Crippen LogP contribution < -0.4 is 0 Å². The van der Waals surface area contributed by atoms with Crippen molar-refractivity contribution in [2.45, 2.75) is 138 Å². The molecule has 0 unspecified atom stereocenters. The summed E-state index contributed by atoms with van der Waals surface area (Å²) in [6, 6.07) is 0. The molecule has 0 fully saturated rings. The van der Waals surface area contributed by atoms with Crippen molar-refractivity contribution >= 4 is 0 Å². The van der Waals surface area contributed by atoms with E-state index in [0.717, 1.165) is 32.2 Å². The first-order valence-corrected chi connectivity index (χ1v) is 16.1. The Bertz CT molecular complexity index is 976. The predicted octanol–water partition coefficient (Wildman–Crippen LogP) is 11.2. The predicted molar refractivity (Wildman–Crippen MR) is 150 cm³/mol. The minimum atomic E-state index is -8.60. The summed E-state index contributed by atoms with van der Waals surface area (Å²) >= 11 is 0. The van der Waals surface area contributed by atoms with E-state index in [0.29, 0.717) is 17.4 Å². The molecule has 0 spiro atoms. The Morgan fingerprint density at radius 1 is 0.327 bits per heavy atom. The number of quaternary nitrogens is 2. The number of rotatable bonds is 25. The Morgan fingerprint density at radius 2 is 0.612 bits per heavy atom. The maximum absolute atomic E-state index is 14.3. The molecule has 0 aliphatic heterocycles. The molecule has 19 heteroatoms. The van der Waals surface area contributed by atoms with Crippen LogP contribution in [-0.2, 0) is 0 Å². The van der Waals surface area contributed by atoms with Gasteiger partial charge in [-0.3, -0.25) is 0 Å². The van der Waals surface area contributed by atoms with Gasteiger partial charge >= 0.3 is 47.6 Å². The fourth-order valence-corrected chi connectivity index (χ4v) is 5.26. The van der Waals surface area contributed by atoms with Crippen molar-refractivity contribution in [3.8, 4) is 0 Å². The molecule has 0 radical (unpaired) electrons. The van der Waals surface area contributed by atoms with E-state index in [9.17, 15) is 74.6 Å². The topological polar surface area (TPSA) is 0 Å². The standard InChI is InChI=1S/C30H49F17N2/c1-6-7-8-9-10-11-12-13-14-15-19-48(2,3)21-17-22-49(4,5)20-16-18-23(31,32)24(33,34)25(35,36)26(37,38)27(39,40)28(41,42)29(43,44)30(45,46)47/h6-22H2,1-5H3/q+2. The summed E-state index contributed by atoms with van der Waals surface area (Å²) in [6.07, 6.45) is 0.685. The molecular weight excluding hydrogens is 711 g/mol.